The van der Waals surface area contributed by atoms with Crippen molar-refractivity contribution in [3.63, 3.8) is 0 Å². The molecule has 0 amide bonds. The van der Waals surface area contributed by atoms with E-state index in [1.54, 1.807) is 34.2 Å². The van der Waals surface area contributed by atoms with Crippen molar-refractivity contribution in [2.45, 2.75) is 25.1 Å². The van der Waals surface area contributed by atoms with Crippen molar-refractivity contribution in [2.75, 3.05) is 5.32 Å². The van der Waals surface area contributed by atoms with Crippen LogP contribution in [-0.2, 0) is 0 Å². The number of halogens is 3. The van der Waals surface area contributed by atoms with Gasteiger partial charge in [0.15, 0.2) is 0 Å². The van der Waals surface area contributed by atoms with E-state index in [9.17, 15) is 8.78 Å². The molecule has 1 aliphatic heterocycles. The molecular formula is C16H13BrF2N4OS. The molecule has 1 N–H and O–H groups in total. The summed E-state index contributed by atoms with van der Waals surface area (Å²) in [4.78, 5) is 5.39. The number of hydrogen-bond acceptors (Lipinski definition) is 5. The monoisotopic (exact) mass is 426 g/mol. The maximum atomic E-state index is 12.8. The van der Waals surface area contributed by atoms with Gasteiger partial charge in [0.25, 0.3) is 0 Å². The summed E-state index contributed by atoms with van der Waals surface area (Å²) < 4.78 is 33.0. The van der Waals surface area contributed by atoms with Crippen LogP contribution in [-0.4, -0.2) is 21.4 Å². The maximum Gasteiger partial charge on any atom is 0.387 e. The lowest BCUT2D eigenvalue weighted by Gasteiger charge is -2.31. The molecule has 0 unspecified atom stereocenters. The Morgan fingerprint density at radius 3 is 2.88 bits per heavy atom. The Labute approximate surface area is 154 Å². The second kappa shape index (κ2) is 6.72. The number of para-hydroxylation sites is 1. The van der Waals surface area contributed by atoms with Gasteiger partial charge in [-0.05, 0) is 40.5 Å². The maximum absolute atomic E-state index is 12.8. The van der Waals surface area contributed by atoms with Crippen molar-refractivity contribution in [3.05, 3.63) is 57.0 Å². The van der Waals surface area contributed by atoms with E-state index < -0.39 is 6.61 Å². The van der Waals surface area contributed by atoms with Crippen molar-refractivity contribution in [1.29, 1.82) is 0 Å². The fourth-order valence-corrected chi connectivity index (χ4v) is 4.53. The fraction of sp³-hybridized carbons (Fsp3) is 0.250. The highest BCUT2D eigenvalue weighted by Gasteiger charge is 2.32. The Bertz CT molecular complexity index is 884. The van der Waals surface area contributed by atoms with Gasteiger partial charge in [0.2, 0.25) is 5.95 Å². The van der Waals surface area contributed by atoms with Crippen LogP contribution in [0, 0.1) is 0 Å². The van der Waals surface area contributed by atoms with Gasteiger partial charge in [0, 0.05) is 10.4 Å². The number of alkyl halides is 2. The van der Waals surface area contributed by atoms with Crippen LogP contribution in [0.2, 0.25) is 0 Å². The molecule has 0 spiro atoms. The van der Waals surface area contributed by atoms with Crippen LogP contribution in [0.25, 0.3) is 0 Å². The SMILES string of the molecule is FC(F)Oc1ccccc1[C@H]1C[C@@H](c2ccc(Br)s2)Nc2ncnn21. The van der Waals surface area contributed by atoms with E-state index in [4.69, 9.17) is 4.74 Å². The number of nitrogens with one attached hydrogen (secondary N) is 1. The standard InChI is InChI=1S/C16H13BrF2N4OS/c17-14-6-5-13(25-14)10-7-11(23-16(22-10)20-8-21-23)9-3-1-2-4-12(9)24-15(18)19/h1-6,8,10-11,15H,7H2,(H,20,21,22)/t10-,11+/m0/s1. The first kappa shape index (κ1) is 16.5. The van der Waals surface area contributed by atoms with Crippen LogP contribution in [0.3, 0.4) is 0 Å². The first-order valence-corrected chi connectivity index (χ1v) is 9.18. The number of aromatic nitrogens is 3. The van der Waals surface area contributed by atoms with Gasteiger partial charge in [-0.25, -0.2) is 4.68 Å². The number of rotatable bonds is 4. The van der Waals surface area contributed by atoms with E-state index in [0.717, 1.165) is 8.66 Å². The normalized spacial score (nSPS) is 19.5. The molecule has 2 aromatic heterocycles. The molecule has 0 saturated carbocycles. The van der Waals surface area contributed by atoms with E-state index >= 15 is 0 Å². The number of benzene rings is 1. The summed E-state index contributed by atoms with van der Waals surface area (Å²) in [7, 11) is 0. The number of hydrogen-bond donors (Lipinski definition) is 1. The summed E-state index contributed by atoms with van der Waals surface area (Å²) in [6, 6.07) is 10.6. The summed E-state index contributed by atoms with van der Waals surface area (Å²) in [6.07, 6.45) is 2.10. The van der Waals surface area contributed by atoms with Crippen LogP contribution in [0.1, 0.15) is 28.9 Å². The number of thiophene rings is 1. The molecule has 3 heterocycles. The third-order valence-electron chi connectivity index (χ3n) is 4.06. The van der Waals surface area contributed by atoms with Gasteiger partial charge in [-0.15, -0.1) is 11.3 Å². The predicted molar refractivity (Wildman–Crippen MR) is 94.2 cm³/mol. The Balaban J connectivity index is 1.74. The predicted octanol–water partition coefficient (Wildman–Crippen LogP) is 4.85. The first-order chi connectivity index (χ1) is 12.1. The zero-order valence-electron chi connectivity index (χ0n) is 12.8. The number of ether oxygens (including phenoxy) is 1. The zero-order chi connectivity index (χ0) is 17.4. The highest BCUT2D eigenvalue weighted by Crippen LogP contribution is 2.42. The number of fused-ring (bicyclic) bond motifs is 1. The van der Waals surface area contributed by atoms with E-state index in [1.165, 1.54) is 6.33 Å². The molecule has 5 nitrogen and oxygen atoms in total. The van der Waals surface area contributed by atoms with Crippen molar-refractivity contribution in [1.82, 2.24) is 14.8 Å². The minimum atomic E-state index is -2.87. The summed E-state index contributed by atoms with van der Waals surface area (Å²) >= 11 is 5.11. The van der Waals surface area contributed by atoms with Crippen molar-refractivity contribution < 1.29 is 13.5 Å². The number of nitrogens with zero attached hydrogens (tertiary/aromatic N) is 3. The van der Waals surface area contributed by atoms with Gasteiger partial charge >= 0.3 is 6.61 Å². The summed E-state index contributed by atoms with van der Waals surface area (Å²) in [5, 5.41) is 7.62. The molecular weight excluding hydrogens is 414 g/mol. The van der Waals surface area contributed by atoms with Crippen molar-refractivity contribution in [2.24, 2.45) is 0 Å². The molecule has 1 aromatic carbocycles. The van der Waals surface area contributed by atoms with Crippen molar-refractivity contribution >= 4 is 33.2 Å². The summed E-state index contributed by atoms with van der Waals surface area (Å²) in [5.74, 6) is 0.773. The molecule has 0 bridgehead atoms. The van der Waals surface area contributed by atoms with E-state index in [2.05, 4.69) is 31.3 Å². The van der Waals surface area contributed by atoms with Gasteiger partial charge in [0.1, 0.15) is 12.1 Å². The smallest absolute Gasteiger partial charge is 0.387 e. The van der Waals surface area contributed by atoms with Crippen LogP contribution >= 0.6 is 27.3 Å². The number of anilines is 1. The van der Waals surface area contributed by atoms with Crippen LogP contribution in [0.15, 0.2) is 46.5 Å². The van der Waals surface area contributed by atoms with Gasteiger partial charge in [-0.1, -0.05) is 18.2 Å². The fourth-order valence-electron chi connectivity index (χ4n) is 3.04. The molecule has 0 radical (unpaired) electrons. The molecule has 0 saturated heterocycles. The molecule has 4 rings (SSSR count). The Kier molecular flexibility index (Phi) is 4.43. The average Bonchev–Trinajstić information content (AvgIpc) is 3.22. The Morgan fingerprint density at radius 1 is 1.28 bits per heavy atom. The second-order valence-corrected chi connectivity index (χ2v) is 8.03. The van der Waals surface area contributed by atoms with Crippen LogP contribution in [0.4, 0.5) is 14.7 Å². The highest BCUT2D eigenvalue weighted by atomic mass is 79.9. The second-order valence-electron chi connectivity index (χ2n) is 5.53. The quantitative estimate of drug-likeness (QED) is 0.647. The highest BCUT2D eigenvalue weighted by molar-refractivity contribution is 9.11. The van der Waals surface area contributed by atoms with E-state index in [0.29, 0.717) is 17.9 Å². The Hall–Kier alpha value is -2.00. The van der Waals surface area contributed by atoms with Crippen LogP contribution < -0.4 is 10.1 Å². The third kappa shape index (κ3) is 3.25. The molecule has 0 aliphatic carbocycles. The lowest BCUT2D eigenvalue weighted by atomic mass is 9.96. The molecule has 130 valence electrons. The van der Waals surface area contributed by atoms with E-state index in [-0.39, 0.29) is 17.8 Å². The lowest BCUT2D eigenvalue weighted by Crippen LogP contribution is -2.28. The molecule has 3 aromatic rings. The lowest BCUT2D eigenvalue weighted by molar-refractivity contribution is -0.0507. The van der Waals surface area contributed by atoms with E-state index in [1.807, 2.05) is 18.2 Å². The van der Waals surface area contributed by atoms with Gasteiger partial charge in [-0.2, -0.15) is 18.9 Å². The molecule has 2 atom stereocenters. The van der Waals surface area contributed by atoms with Gasteiger partial charge in [-0.3, -0.25) is 0 Å². The Morgan fingerprint density at radius 2 is 2.12 bits per heavy atom. The molecule has 9 heteroatoms. The summed E-state index contributed by atoms with van der Waals surface area (Å²) in [6.45, 7) is -2.87. The van der Waals surface area contributed by atoms with Gasteiger partial charge < -0.3 is 10.1 Å². The largest absolute Gasteiger partial charge is 0.434 e. The minimum Gasteiger partial charge on any atom is -0.434 e. The van der Waals surface area contributed by atoms with Crippen LogP contribution in [0.5, 0.6) is 5.75 Å². The molecule has 1 aliphatic rings. The zero-order valence-corrected chi connectivity index (χ0v) is 15.2. The first-order valence-electron chi connectivity index (χ1n) is 7.57. The summed E-state index contributed by atoms with van der Waals surface area (Å²) in [5.41, 5.74) is 0.664. The minimum absolute atomic E-state index is 0.0117. The average molecular weight is 427 g/mol. The molecule has 25 heavy (non-hydrogen) atoms. The van der Waals surface area contributed by atoms with Crippen molar-refractivity contribution in [3.8, 4) is 5.75 Å². The third-order valence-corrected chi connectivity index (χ3v) is 5.80. The topological polar surface area (TPSA) is 52.0 Å². The van der Waals surface area contributed by atoms with Gasteiger partial charge in [0.05, 0.1) is 15.9 Å². The molecule has 0 fully saturated rings.